The largest absolute Gasteiger partial charge is 0.266 e. The van der Waals surface area contributed by atoms with Gasteiger partial charge >= 0.3 is 0 Å². The van der Waals surface area contributed by atoms with Gasteiger partial charge in [-0.25, -0.2) is 31.6 Å². The Morgan fingerprint density at radius 3 is 2.45 bits per heavy atom. The highest BCUT2D eigenvalue weighted by Crippen LogP contribution is 2.23. The van der Waals surface area contributed by atoms with Crippen molar-refractivity contribution >= 4 is 27.0 Å². The first-order valence-electron chi connectivity index (χ1n) is 5.71. The van der Waals surface area contributed by atoms with E-state index in [0.29, 0.717) is 0 Å². The average molecular weight is 329 g/mol. The summed E-state index contributed by atoms with van der Waals surface area (Å²) >= 11 is 0. The molecule has 3 rings (SSSR count). The lowest BCUT2D eigenvalue weighted by molar-refractivity contribution is 0.482. The van der Waals surface area contributed by atoms with Crippen LogP contribution in [0.2, 0.25) is 0 Å². The molecule has 11 heteroatoms. The van der Waals surface area contributed by atoms with Gasteiger partial charge in [-0.1, -0.05) is 0 Å². The number of hydrogen-bond acceptors (Lipinski definition) is 5. The van der Waals surface area contributed by atoms with Crippen molar-refractivity contribution in [3.05, 3.63) is 42.0 Å². The number of fused-ring (bicyclic) bond motifs is 1. The molecule has 3 aromatic rings. The highest BCUT2D eigenvalue weighted by molar-refractivity contribution is 7.92. The molecule has 0 aliphatic heterocycles. The molecule has 22 heavy (non-hydrogen) atoms. The summed E-state index contributed by atoms with van der Waals surface area (Å²) in [4.78, 5) is 6.66. The maximum atomic E-state index is 13.6. The maximum Gasteiger partial charge on any atom is 0.266 e. The van der Waals surface area contributed by atoms with Crippen molar-refractivity contribution in [2.75, 3.05) is 4.72 Å². The number of nitrogens with zero attached hydrogens (tertiary/aromatic N) is 3. The highest BCUT2D eigenvalue weighted by Gasteiger charge is 2.24. The van der Waals surface area contributed by atoms with E-state index in [1.807, 2.05) is 4.72 Å². The van der Waals surface area contributed by atoms with Crippen molar-refractivity contribution in [3.63, 3.8) is 0 Å². The van der Waals surface area contributed by atoms with Gasteiger partial charge in [-0.2, -0.15) is 5.10 Å². The normalized spacial score (nSPS) is 11.8. The van der Waals surface area contributed by atoms with Crippen LogP contribution in [0.4, 0.5) is 19.0 Å². The minimum Gasteiger partial charge on any atom is -0.260 e. The smallest absolute Gasteiger partial charge is 0.260 e. The van der Waals surface area contributed by atoms with Gasteiger partial charge in [0.2, 0.25) is 0 Å². The molecule has 2 N–H and O–H groups in total. The molecule has 0 aliphatic carbocycles. The van der Waals surface area contributed by atoms with E-state index >= 15 is 0 Å². The first-order chi connectivity index (χ1) is 10.4. The van der Waals surface area contributed by atoms with E-state index in [-0.39, 0.29) is 29.1 Å². The molecular formula is C11H6F3N5O2S. The minimum atomic E-state index is -4.53. The third-order valence-corrected chi connectivity index (χ3v) is 4.05. The van der Waals surface area contributed by atoms with Crippen molar-refractivity contribution in [1.29, 1.82) is 0 Å². The lowest BCUT2D eigenvalue weighted by Crippen LogP contribution is -2.16. The van der Waals surface area contributed by atoms with Crippen molar-refractivity contribution in [1.82, 2.24) is 20.2 Å². The fourth-order valence-corrected chi connectivity index (χ4v) is 2.80. The summed E-state index contributed by atoms with van der Waals surface area (Å²) in [5.41, 5.74) is 0.292. The first kappa shape index (κ1) is 14.3. The molecule has 1 aromatic carbocycles. The summed E-state index contributed by atoms with van der Waals surface area (Å²) in [7, 11) is -4.53. The van der Waals surface area contributed by atoms with Crippen LogP contribution in [0.5, 0.6) is 0 Å². The fourth-order valence-electron chi connectivity index (χ4n) is 1.72. The first-order valence-corrected chi connectivity index (χ1v) is 7.19. The van der Waals surface area contributed by atoms with Crippen LogP contribution in [0, 0.1) is 17.5 Å². The Bertz CT molecular complexity index is 973. The molecule has 2 aromatic heterocycles. The number of nitrogens with one attached hydrogen (secondary N) is 2. The number of hydrogen-bond donors (Lipinski definition) is 2. The van der Waals surface area contributed by atoms with Gasteiger partial charge in [-0.15, -0.1) is 0 Å². The van der Waals surface area contributed by atoms with E-state index in [2.05, 4.69) is 20.2 Å². The molecule has 0 radical (unpaired) electrons. The second-order valence-corrected chi connectivity index (χ2v) is 5.78. The van der Waals surface area contributed by atoms with Crippen molar-refractivity contribution in [2.24, 2.45) is 0 Å². The number of halogens is 3. The third kappa shape index (κ3) is 2.35. The molecule has 114 valence electrons. The van der Waals surface area contributed by atoms with Crippen molar-refractivity contribution in [2.45, 2.75) is 4.90 Å². The summed E-state index contributed by atoms with van der Waals surface area (Å²) in [5, 5.41) is 6.06. The summed E-state index contributed by atoms with van der Waals surface area (Å²) in [6.07, 6.45) is 2.65. The topological polar surface area (TPSA) is 101 Å². The lowest BCUT2D eigenvalue weighted by atomic mass is 10.3. The Labute approximate surface area is 121 Å². The Hall–Kier alpha value is -2.69. The summed E-state index contributed by atoms with van der Waals surface area (Å²) < 4.78 is 65.7. The van der Waals surface area contributed by atoms with Crippen LogP contribution < -0.4 is 4.72 Å². The van der Waals surface area contributed by atoms with Crippen molar-refractivity contribution < 1.29 is 21.6 Å². The fraction of sp³-hybridized carbons (Fsp3) is 0. The number of benzene rings is 1. The average Bonchev–Trinajstić information content (AvgIpc) is 2.85. The third-order valence-electron chi connectivity index (χ3n) is 2.69. The van der Waals surface area contributed by atoms with E-state index in [0.717, 1.165) is 0 Å². The SMILES string of the molecule is O=S(=O)(Nc1n[nH]c2nccnc12)c1cc(F)c(F)cc1F. The Morgan fingerprint density at radius 1 is 1.00 bits per heavy atom. The summed E-state index contributed by atoms with van der Waals surface area (Å²) in [5.74, 6) is -4.66. The van der Waals surface area contributed by atoms with Gasteiger partial charge in [0, 0.05) is 24.5 Å². The molecular weight excluding hydrogens is 323 g/mol. The van der Waals surface area contributed by atoms with E-state index in [9.17, 15) is 21.6 Å². The van der Waals surface area contributed by atoms with Gasteiger partial charge in [0.25, 0.3) is 10.0 Å². The lowest BCUT2D eigenvalue weighted by Gasteiger charge is -2.07. The maximum absolute atomic E-state index is 13.6. The Balaban J connectivity index is 2.06. The van der Waals surface area contributed by atoms with Crippen LogP contribution in [0.1, 0.15) is 0 Å². The number of H-pyrrole nitrogens is 1. The molecule has 0 bridgehead atoms. The molecule has 0 saturated heterocycles. The second kappa shape index (κ2) is 4.94. The zero-order valence-corrected chi connectivity index (χ0v) is 11.3. The van der Waals surface area contributed by atoms with Gasteiger partial charge in [-0.05, 0) is 0 Å². The molecule has 0 atom stereocenters. The number of sulfonamides is 1. The van der Waals surface area contributed by atoms with Gasteiger partial charge in [0.05, 0.1) is 0 Å². The summed E-state index contributed by atoms with van der Waals surface area (Å²) in [6.45, 7) is 0. The number of aromatic amines is 1. The minimum absolute atomic E-state index is 0.0917. The zero-order valence-electron chi connectivity index (χ0n) is 10.5. The molecule has 7 nitrogen and oxygen atoms in total. The van der Waals surface area contributed by atoms with Crippen LogP contribution in [-0.4, -0.2) is 28.6 Å². The van der Waals surface area contributed by atoms with Gasteiger partial charge < -0.3 is 0 Å². The highest BCUT2D eigenvalue weighted by atomic mass is 32.2. The zero-order chi connectivity index (χ0) is 15.9. The van der Waals surface area contributed by atoms with Crippen LogP contribution >= 0.6 is 0 Å². The van der Waals surface area contributed by atoms with E-state index in [1.165, 1.54) is 12.4 Å². The van der Waals surface area contributed by atoms with E-state index in [4.69, 9.17) is 0 Å². The molecule has 2 heterocycles. The monoisotopic (exact) mass is 329 g/mol. The Kier molecular flexibility index (Phi) is 3.20. The van der Waals surface area contributed by atoms with Crippen LogP contribution in [0.3, 0.4) is 0 Å². The summed E-state index contributed by atoms with van der Waals surface area (Å²) in [6, 6.07) is 0.389. The van der Waals surface area contributed by atoms with Crippen molar-refractivity contribution in [3.8, 4) is 0 Å². The van der Waals surface area contributed by atoms with Crippen LogP contribution in [0.25, 0.3) is 11.2 Å². The van der Waals surface area contributed by atoms with Gasteiger partial charge in [0.15, 0.2) is 28.6 Å². The molecule has 0 aliphatic rings. The van der Waals surface area contributed by atoms with Gasteiger partial charge in [-0.3, -0.25) is 9.82 Å². The molecule has 0 fully saturated rings. The number of aromatic nitrogens is 4. The predicted molar refractivity (Wildman–Crippen MR) is 68.8 cm³/mol. The Morgan fingerprint density at radius 2 is 1.68 bits per heavy atom. The number of anilines is 1. The molecule has 0 unspecified atom stereocenters. The standard InChI is InChI=1S/C11H6F3N5O2S/c12-5-3-7(14)8(4-6(5)13)22(20,21)19-11-9-10(17-18-11)16-2-1-15-9/h1-4H,(H2,16,17,18,19). The van der Waals surface area contributed by atoms with Gasteiger partial charge in [0.1, 0.15) is 10.7 Å². The van der Waals surface area contributed by atoms with Crippen LogP contribution in [0.15, 0.2) is 29.4 Å². The molecule has 0 spiro atoms. The second-order valence-electron chi connectivity index (χ2n) is 4.13. The van der Waals surface area contributed by atoms with Crippen LogP contribution in [-0.2, 0) is 10.0 Å². The van der Waals surface area contributed by atoms with E-state index < -0.39 is 32.4 Å². The molecule has 0 saturated carbocycles. The molecule has 0 amide bonds. The predicted octanol–water partition coefficient (Wildman–Crippen LogP) is 1.57. The number of rotatable bonds is 3. The van der Waals surface area contributed by atoms with E-state index in [1.54, 1.807) is 0 Å². The quantitative estimate of drug-likeness (QED) is 0.710.